The zero-order chi connectivity index (χ0) is 13.9. The molecule has 2 amide bonds. The van der Waals surface area contributed by atoms with Crippen LogP contribution in [0.2, 0.25) is 0 Å². The molecular weight excluding hydrogens is 248 g/mol. The monoisotopic (exact) mass is 270 g/mol. The molecule has 0 aromatic carbocycles. The Morgan fingerprint density at radius 2 is 1.95 bits per heavy atom. The first-order valence-electron chi connectivity index (χ1n) is 6.79. The van der Waals surface area contributed by atoms with E-state index in [-0.39, 0.29) is 17.7 Å². The second kappa shape index (κ2) is 5.88. The summed E-state index contributed by atoms with van der Waals surface area (Å²) in [6.45, 7) is 4.31. The van der Waals surface area contributed by atoms with Crippen LogP contribution < -0.4 is 5.32 Å². The number of carbonyl (C=O) groups is 2. The van der Waals surface area contributed by atoms with E-state index < -0.39 is 5.60 Å². The highest BCUT2D eigenvalue weighted by Gasteiger charge is 2.41. The van der Waals surface area contributed by atoms with Gasteiger partial charge in [0.25, 0.3) is 5.91 Å². The summed E-state index contributed by atoms with van der Waals surface area (Å²) in [6, 6.07) is 0. The van der Waals surface area contributed by atoms with Crippen molar-refractivity contribution < 1.29 is 19.1 Å². The number of ether oxygens (including phenoxy) is 2. The van der Waals surface area contributed by atoms with Gasteiger partial charge in [0.1, 0.15) is 0 Å². The van der Waals surface area contributed by atoms with Crippen LogP contribution in [0, 0.1) is 5.92 Å². The number of amides is 2. The summed E-state index contributed by atoms with van der Waals surface area (Å²) in [4.78, 5) is 26.0. The standard InChI is InChI=1S/C13H22N2O4/c1-13(12(17)14-2)9-15(5-8-19-13)11(16)10-3-6-18-7-4-10/h10H,3-9H2,1-2H3,(H,14,17)/t13-/m1/s1. The first-order valence-corrected chi connectivity index (χ1v) is 6.79. The summed E-state index contributed by atoms with van der Waals surface area (Å²) in [7, 11) is 1.58. The van der Waals surface area contributed by atoms with Crippen molar-refractivity contribution in [3.63, 3.8) is 0 Å². The molecule has 2 heterocycles. The Hall–Kier alpha value is -1.14. The third-order valence-electron chi connectivity index (χ3n) is 3.86. The number of nitrogens with one attached hydrogen (secondary N) is 1. The van der Waals surface area contributed by atoms with E-state index in [1.807, 2.05) is 0 Å². The minimum absolute atomic E-state index is 0.0285. The van der Waals surface area contributed by atoms with Crippen LogP contribution >= 0.6 is 0 Å². The molecule has 0 radical (unpaired) electrons. The molecule has 6 heteroatoms. The van der Waals surface area contributed by atoms with Gasteiger partial charge in [0, 0.05) is 32.7 Å². The zero-order valence-electron chi connectivity index (χ0n) is 11.6. The SMILES string of the molecule is CNC(=O)[C@@]1(C)CN(C(=O)C2CCOCC2)CCO1. The lowest BCUT2D eigenvalue weighted by Gasteiger charge is -2.40. The number of hydrogen-bond donors (Lipinski definition) is 1. The smallest absolute Gasteiger partial charge is 0.253 e. The predicted octanol–water partition coefficient (Wildman–Crippen LogP) is -0.223. The topological polar surface area (TPSA) is 67.9 Å². The Morgan fingerprint density at radius 3 is 2.58 bits per heavy atom. The Labute approximate surface area is 113 Å². The van der Waals surface area contributed by atoms with Crippen LogP contribution in [-0.2, 0) is 19.1 Å². The molecule has 2 aliphatic rings. The van der Waals surface area contributed by atoms with Gasteiger partial charge in [-0.3, -0.25) is 9.59 Å². The Bertz CT molecular complexity index is 355. The highest BCUT2D eigenvalue weighted by atomic mass is 16.5. The lowest BCUT2D eigenvalue weighted by molar-refractivity contribution is -0.165. The molecule has 2 rings (SSSR count). The molecule has 0 saturated carbocycles. The van der Waals surface area contributed by atoms with Crippen LogP contribution in [0.15, 0.2) is 0 Å². The van der Waals surface area contributed by atoms with Crippen molar-refractivity contribution in [1.82, 2.24) is 10.2 Å². The predicted molar refractivity (Wildman–Crippen MR) is 68.5 cm³/mol. The fourth-order valence-corrected chi connectivity index (χ4v) is 2.66. The van der Waals surface area contributed by atoms with Crippen LogP contribution in [0.4, 0.5) is 0 Å². The normalized spacial score (nSPS) is 29.1. The quantitative estimate of drug-likeness (QED) is 0.753. The van der Waals surface area contributed by atoms with Crippen LogP contribution in [0.3, 0.4) is 0 Å². The Morgan fingerprint density at radius 1 is 1.26 bits per heavy atom. The van der Waals surface area contributed by atoms with E-state index in [1.165, 1.54) is 0 Å². The van der Waals surface area contributed by atoms with Crippen molar-refractivity contribution in [2.24, 2.45) is 5.92 Å². The van der Waals surface area contributed by atoms with E-state index in [0.29, 0.717) is 32.9 Å². The van der Waals surface area contributed by atoms with Crippen LogP contribution in [0.1, 0.15) is 19.8 Å². The average Bonchev–Trinajstić information content (AvgIpc) is 2.46. The molecule has 0 aromatic heterocycles. The second-order valence-electron chi connectivity index (χ2n) is 5.30. The molecule has 0 spiro atoms. The van der Waals surface area contributed by atoms with Gasteiger partial charge in [-0.1, -0.05) is 0 Å². The van der Waals surface area contributed by atoms with Gasteiger partial charge in [0.2, 0.25) is 5.91 Å². The van der Waals surface area contributed by atoms with Crippen molar-refractivity contribution in [1.29, 1.82) is 0 Å². The molecule has 2 aliphatic heterocycles. The van der Waals surface area contributed by atoms with Gasteiger partial charge in [-0.25, -0.2) is 0 Å². The summed E-state index contributed by atoms with van der Waals surface area (Å²) in [5, 5.41) is 2.59. The lowest BCUT2D eigenvalue weighted by atomic mass is 9.96. The highest BCUT2D eigenvalue weighted by Crippen LogP contribution is 2.23. The third-order valence-corrected chi connectivity index (χ3v) is 3.86. The molecule has 108 valence electrons. The van der Waals surface area contributed by atoms with E-state index in [4.69, 9.17) is 9.47 Å². The molecule has 0 unspecified atom stereocenters. The minimum atomic E-state index is -0.937. The van der Waals surface area contributed by atoms with Gasteiger partial charge in [-0.2, -0.15) is 0 Å². The molecule has 19 heavy (non-hydrogen) atoms. The first-order chi connectivity index (χ1) is 9.07. The summed E-state index contributed by atoms with van der Waals surface area (Å²) in [6.07, 6.45) is 1.54. The van der Waals surface area contributed by atoms with E-state index in [9.17, 15) is 9.59 Å². The number of rotatable bonds is 2. The van der Waals surface area contributed by atoms with Gasteiger partial charge >= 0.3 is 0 Å². The van der Waals surface area contributed by atoms with Crippen LogP contribution in [0.25, 0.3) is 0 Å². The number of likely N-dealkylation sites (N-methyl/N-ethyl adjacent to an activating group) is 1. The average molecular weight is 270 g/mol. The summed E-state index contributed by atoms with van der Waals surface area (Å²) in [5.74, 6) is -0.0282. The number of nitrogens with zero attached hydrogens (tertiary/aromatic N) is 1. The van der Waals surface area contributed by atoms with Gasteiger partial charge in [-0.05, 0) is 19.8 Å². The summed E-state index contributed by atoms with van der Waals surface area (Å²) >= 11 is 0. The van der Waals surface area contributed by atoms with Crippen molar-refractivity contribution in [3.8, 4) is 0 Å². The van der Waals surface area contributed by atoms with E-state index in [2.05, 4.69) is 5.32 Å². The molecule has 0 aliphatic carbocycles. The molecule has 1 N–H and O–H groups in total. The minimum Gasteiger partial charge on any atom is -0.381 e. The maximum absolute atomic E-state index is 12.4. The fraction of sp³-hybridized carbons (Fsp3) is 0.846. The molecule has 1 atom stereocenters. The molecule has 6 nitrogen and oxygen atoms in total. The molecular formula is C13H22N2O4. The summed E-state index contributed by atoms with van der Waals surface area (Å²) < 4.78 is 10.8. The van der Waals surface area contributed by atoms with Gasteiger partial charge in [-0.15, -0.1) is 0 Å². The van der Waals surface area contributed by atoms with E-state index in [1.54, 1.807) is 18.9 Å². The molecule has 0 aromatic rings. The fourth-order valence-electron chi connectivity index (χ4n) is 2.66. The van der Waals surface area contributed by atoms with Gasteiger partial charge in [0.05, 0.1) is 13.2 Å². The Kier molecular flexibility index (Phi) is 4.42. The summed E-state index contributed by atoms with van der Waals surface area (Å²) in [5.41, 5.74) is -0.937. The lowest BCUT2D eigenvalue weighted by Crippen LogP contribution is -2.59. The maximum Gasteiger partial charge on any atom is 0.253 e. The largest absolute Gasteiger partial charge is 0.381 e. The zero-order valence-corrected chi connectivity index (χ0v) is 11.6. The first kappa shape index (κ1) is 14.3. The van der Waals surface area contributed by atoms with Crippen molar-refractivity contribution in [2.75, 3.05) is 40.0 Å². The van der Waals surface area contributed by atoms with Crippen LogP contribution in [-0.4, -0.2) is 62.3 Å². The number of hydrogen-bond acceptors (Lipinski definition) is 4. The van der Waals surface area contributed by atoms with E-state index in [0.717, 1.165) is 12.8 Å². The number of morpholine rings is 1. The molecule has 2 saturated heterocycles. The van der Waals surface area contributed by atoms with Gasteiger partial charge in [0.15, 0.2) is 5.60 Å². The van der Waals surface area contributed by atoms with Crippen molar-refractivity contribution >= 4 is 11.8 Å². The Balaban J connectivity index is 2.00. The van der Waals surface area contributed by atoms with Crippen molar-refractivity contribution in [3.05, 3.63) is 0 Å². The maximum atomic E-state index is 12.4. The number of carbonyl (C=O) groups excluding carboxylic acids is 2. The molecule has 0 bridgehead atoms. The molecule has 2 fully saturated rings. The third kappa shape index (κ3) is 3.06. The highest BCUT2D eigenvalue weighted by molar-refractivity contribution is 5.86. The van der Waals surface area contributed by atoms with Crippen LogP contribution in [0.5, 0.6) is 0 Å². The van der Waals surface area contributed by atoms with E-state index >= 15 is 0 Å². The van der Waals surface area contributed by atoms with Crippen molar-refractivity contribution in [2.45, 2.75) is 25.4 Å². The van der Waals surface area contributed by atoms with Gasteiger partial charge < -0.3 is 19.7 Å². The second-order valence-corrected chi connectivity index (χ2v) is 5.30.